The molecule has 0 radical (unpaired) electrons. The molecule has 0 saturated carbocycles. The molecule has 268 valence electrons. The molecule has 0 unspecified atom stereocenters. The molecular weight excluding hydrogens is 669 g/mol. The number of esters is 1. The number of rotatable bonds is 7. The normalized spacial score (nSPS) is 25.9. The number of benzene rings is 3. The summed E-state index contributed by atoms with van der Waals surface area (Å²) in [5.74, 6) is -5.34. The predicted octanol–water partition coefficient (Wildman–Crippen LogP) is 6.68. The number of hydrogen-bond donors (Lipinski definition) is 0. The number of allylic oxidation sites excluding steroid dienone is 1. The van der Waals surface area contributed by atoms with Crippen molar-refractivity contribution >= 4 is 40.0 Å². The maximum atomic E-state index is 15.4. The highest BCUT2D eigenvalue weighted by atomic mass is 32.2. The summed E-state index contributed by atoms with van der Waals surface area (Å²) >= 11 is 0. The number of hydrogen-bond acceptors (Lipinski definition) is 8. The van der Waals surface area contributed by atoms with Crippen molar-refractivity contribution < 1.29 is 37.1 Å². The van der Waals surface area contributed by atoms with Crippen LogP contribution in [-0.4, -0.2) is 55.2 Å². The Morgan fingerprint density at radius 3 is 2.18 bits per heavy atom. The Morgan fingerprint density at radius 2 is 1.57 bits per heavy atom. The molecule has 51 heavy (non-hydrogen) atoms. The molecule has 1 spiro atoms. The molecule has 0 bridgehead atoms. The summed E-state index contributed by atoms with van der Waals surface area (Å²) in [6.07, 6.45) is -0.455. The standard InChI is InChI=1S/C40H44N2O8S/c1-8-49-36(44)34-25(3)35-33(32(27-14-10-9-11-15-27)26(4)42(35)51(47,48)28-20-18-24(2)19-21-28)30(22-23-43)40(34)29-16-12-13-17-31(29)41(37(40)45)38(46)50-39(5,6)7/h9-21,23,25-26,30,32,34H,8,22H2,1-7H3/t25-,26+,30-,32+,34+,40-/m0/s1. The van der Waals surface area contributed by atoms with Crippen molar-refractivity contribution in [3.05, 3.63) is 107 Å². The van der Waals surface area contributed by atoms with Gasteiger partial charge in [-0.25, -0.2) is 18.1 Å². The van der Waals surface area contributed by atoms with E-state index in [1.807, 2.05) is 44.2 Å². The van der Waals surface area contributed by atoms with Gasteiger partial charge in [0.15, 0.2) is 0 Å². The predicted molar refractivity (Wildman–Crippen MR) is 191 cm³/mol. The van der Waals surface area contributed by atoms with Gasteiger partial charge in [0.25, 0.3) is 10.0 Å². The Hall–Kier alpha value is -4.77. The number of ether oxygens (including phenoxy) is 2. The van der Waals surface area contributed by atoms with E-state index in [-0.39, 0.29) is 23.6 Å². The summed E-state index contributed by atoms with van der Waals surface area (Å²) in [4.78, 5) is 57.7. The fourth-order valence-corrected chi connectivity index (χ4v) is 10.4. The second kappa shape index (κ2) is 13.1. The van der Waals surface area contributed by atoms with E-state index in [9.17, 15) is 22.8 Å². The molecule has 10 nitrogen and oxygen atoms in total. The molecule has 2 heterocycles. The number of nitrogens with zero attached hydrogens (tertiary/aromatic N) is 2. The number of fused-ring (bicyclic) bond motifs is 2. The average molecular weight is 713 g/mol. The topological polar surface area (TPSA) is 127 Å². The van der Waals surface area contributed by atoms with Gasteiger partial charge in [0, 0.05) is 29.9 Å². The zero-order valence-electron chi connectivity index (χ0n) is 30.0. The van der Waals surface area contributed by atoms with E-state index in [2.05, 4.69) is 0 Å². The van der Waals surface area contributed by atoms with Crippen LogP contribution < -0.4 is 4.90 Å². The molecule has 1 aliphatic carbocycles. The molecule has 0 fully saturated rings. The molecule has 3 aliphatic rings. The van der Waals surface area contributed by atoms with E-state index in [4.69, 9.17) is 9.47 Å². The van der Waals surface area contributed by atoms with Crippen molar-refractivity contribution in [2.45, 2.75) is 82.8 Å². The van der Waals surface area contributed by atoms with Crippen LogP contribution in [-0.2, 0) is 39.3 Å². The lowest BCUT2D eigenvalue weighted by molar-refractivity contribution is -0.158. The first kappa shape index (κ1) is 36.0. The number of para-hydroxylation sites is 1. The minimum absolute atomic E-state index is 0.0115. The van der Waals surface area contributed by atoms with Crippen molar-refractivity contribution in [2.75, 3.05) is 11.5 Å². The monoisotopic (exact) mass is 712 g/mol. The highest BCUT2D eigenvalue weighted by Crippen LogP contribution is 2.65. The van der Waals surface area contributed by atoms with Crippen molar-refractivity contribution in [1.82, 2.24) is 4.31 Å². The van der Waals surface area contributed by atoms with Crippen LogP contribution in [0.1, 0.15) is 70.6 Å². The quantitative estimate of drug-likeness (QED) is 0.196. The van der Waals surface area contributed by atoms with Crippen LogP contribution in [0.4, 0.5) is 10.5 Å². The molecule has 3 aromatic rings. The molecule has 2 amide bonds. The number of aldehydes is 1. The Bertz CT molecular complexity index is 2020. The molecular formula is C40H44N2O8S. The largest absolute Gasteiger partial charge is 0.466 e. The maximum Gasteiger partial charge on any atom is 0.421 e. The van der Waals surface area contributed by atoms with E-state index >= 15 is 4.79 Å². The third-order valence-corrected chi connectivity index (χ3v) is 12.3. The molecule has 11 heteroatoms. The van der Waals surface area contributed by atoms with Crippen LogP contribution >= 0.6 is 0 Å². The van der Waals surface area contributed by atoms with Crippen molar-refractivity contribution in [3.63, 3.8) is 0 Å². The number of aryl methyl sites for hydroxylation is 1. The van der Waals surface area contributed by atoms with Crippen LogP contribution in [0.5, 0.6) is 0 Å². The van der Waals surface area contributed by atoms with Crippen LogP contribution in [0.3, 0.4) is 0 Å². The highest BCUT2D eigenvalue weighted by Gasteiger charge is 2.70. The fourth-order valence-electron chi connectivity index (χ4n) is 8.65. The van der Waals surface area contributed by atoms with E-state index in [1.54, 1.807) is 83.1 Å². The molecule has 3 aromatic carbocycles. The van der Waals surface area contributed by atoms with Crippen molar-refractivity contribution in [1.29, 1.82) is 0 Å². The maximum absolute atomic E-state index is 15.4. The molecule has 6 rings (SSSR count). The number of sulfonamides is 1. The molecule has 6 atom stereocenters. The van der Waals surface area contributed by atoms with Gasteiger partial charge in [0.2, 0.25) is 5.91 Å². The smallest absolute Gasteiger partial charge is 0.421 e. The third-order valence-electron chi connectivity index (χ3n) is 10.4. The van der Waals surface area contributed by atoms with Crippen molar-refractivity contribution in [2.24, 2.45) is 17.8 Å². The van der Waals surface area contributed by atoms with E-state index in [0.29, 0.717) is 23.1 Å². The van der Waals surface area contributed by atoms with Crippen LogP contribution in [0.25, 0.3) is 0 Å². The van der Waals surface area contributed by atoms with Crippen LogP contribution in [0, 0.1) is 24.7 Å². The summed E-state index contributed by atoms with van der Waals surface area (Å²) < 4.78 is 42.5. The fraction of sp³-hybridized carbons (Fsp3) is 0.400. The van der Waals surface area contributed by atoms with Crippen LogP contribution in [0.15, 0.2) is 95.0 Å². The van der Waals surface area contributed by atoms with Gasteiger partial charge in [-0.3, -0.25) is 13.9 Å². The summed E-state index contributed by atoms with van der Waals surface area (Å²) in [7, 11) is -4.24. The second-order valence-corrected chi connectivity index (χ2v) is 16.4. The number of imide groups is 1. The number of carbonyl (C=O) groups is 4. The lowest BCUT2D eigenvalue weighted by Crippen LogP contribution is -2.60. The number of anilines is 1. The summed E-state index contributed by atoms with van der Waals surface area (Å²) in [6.45, 7) is 12.1. The van der Waals surface area contributed by atoms with Gasteiger partial charge in [-0.2, -0.15) is 0 Å². The lowest BCUT2D eigenvalue weighted by Gasteiger charge is -2.49. The first-order chi connectivity index (χ1) is 24.1. The second-order valence-electron chi connectivity index (χ2n) is 14.6. The third kappa shape index (κ3) is 5.57. The molecule has 2 aliphatic heterocycles. The summed E-state index contributed by atoms with van der Waals surface area (Å²) in [6, 6.07) is 22.0. The zero-order chi connectivity index (χ0) is 37.0. The lowest BCUT2D eigenvalue weighted by atomic mass is 9.51. The van der Waals surface area contributed by atoms with Crippen LogP contribution in [0.2, 0.25) is 0 Å². The van der Waals surface area contributed by atoms with Gasteiger partial charge in [0.1, 0.15) is 11.9 Å². The summed E-state index contributed by atoms with van der Waals surface area (Å²) in [5, 5.41) is 0. The minimum Gasteiger partial charge on any atom is -0.466 e. The molecule has 0 N–H and O–H groups in total. The first-order valence-corrected chi connectivity index (χ1v) is 18.7. The SMILES string of the molecule is CCOC(=O)[C@H]1[C@H](C)C2=C([C@@H](c3ccccc3)[C@@H](C)N2S(=O)(=O)c2ccc(C)cc2)[C@H](CC=O)[C@]12C(=O)N(C(=O)OC(C)(C)C)c1ccccc12. The minimum atomic E-state index is -4.24. The van der Waals surface area contributed by atoms with E-state index in [0.717, 1.165) is 16.0 Å². The number of amides is 2. The van der Waals surface area contributed by atoms with Gasteiger partial charge >= 0.3 is 12.1 Å². The Morgan fingerprint density at radius 1 is 0.941 bits per heavy atom. The van der Waals surface area contributed by atoms with Gasteiger partial charge in [-0.1, -0.05) is 73.2 Å². The van der Waals surface area contributed by atoms with Gasteiger partial charge in [-0.15, -0.1) is 0 Å². The van der Waals surface area contributed by atoms with Gasteiger partial charge in [-0.05, 0) is 76.4 Å². The Kier molecular flexibility index (Phi) is 9.25. The van der Waals surface area contributed by atoms with Crippen molar-refractivity contribution in [3.8, 4) is 0 Å². The molecule has 0 saturated heterocycles. The number of carbonyl (C=O) groups excluding carboxylic acids is 4. The molecule has 0 aromatic heterocycles. The Balaban J connectivity index is 1.71. The summed E-state index contributed by atoms with van der Waals surface area (Å²) in [5.41, 5.74) is 0.439. The van der Waals surface area contributed by atoms with E-state index in [1.165, 1.54) is 4.31 Å². The Labute approximate surface area is 299 Å². The van der Waals surface area contributed by atoms with Gasteiger partial charge < -0.3 is 14.3 Å². The average Bonchev–Trinajstić information content (AvgIpc) is 3.52. The van der Waals surface area contributed by atoms with Gasteiger partial charge in [0.05, 0.1) is 34.6 Å². The first-order valence-electron chi connectivity index (χ1n) is 17.3. The van der Waals surface area contributed by atoms with E-state index < -0.39 is 68.7 Å². The highest BCUT2D eigenvalue weighted by molar-refractivity contribution is 7.89. The zero-order valence-corrected chi connectivity index (χ0v) is 30.8.